The summed E-state index contributed by atoms with van der Waals surface area (Å²) in [6.07, 6.45) is 0.579. The average molecular weight is 292 g/mol. The molecule has 0 aromatic heterocycles. The minimum absolute atomic E-state index is 0.0457. The van der Waals surface area contributed by atoms with Gasteiger partial charge in [-0.25, -0.2) is 0 Å². The molecule has 2 rings (SSSR count). The first-order valence-electron chi connectivity index (χ1n) is 6.83. The molecule has 0 radical (unpaired) electrons. The van der Waals surface area contributed by atoms with E-state index in [0.29, 0.717) is 36.6 Å². The summed E-state index contributed by atoms with van der Waals surface area (Å²) in [5.74, 6) is 0.921. The summed E-state index contributed by atoms with van der Waals surface area (Å²) in [6.45, 7) is 3.00. The van der Waals surface area contributed by atoms with Crippen molar-refractivity contribution in [3.63, 3.8) is 0 Å². The van der Waals surface area contributed by atoms with Crippen molar-refractivity contribution in [1.29, 1.82) is 0 Å². The predicted molar refractivity (Wildman–Crippen MR) is 78.5 cm³/mol. The molecule has 0 spiro atoms. The van der Waals surface area contributed by atoms with Gasteiger partial charge in [0.25, 0.3) is 5.91 Å². The van der Waals surface area contributed by atoms with E-state index in [0.717, 1.165) is 5.71 Å². The Balaban J connectivity index is 2.25. The first-order valence-corrected chi connectivity index (χ1v) is 6.83. The molecule has 1 N–H and O–H groups in total. The largest absolute Gasteiger partial charge is 0.493 e. The third kappa shape index (κ3) is 2.94. The normalized spacial score (nSPS) is 20.4. The number of hydrogen-bond donors (Lipinski definition) is 1. The Morgan fingerprint density at radius 2 is 2.14 bits per heavy atom. The quantitative estimate of drug-likeness (QED) is 0.683. The maximum Gasteiger partial charge on any atom is 0.257 e. The number of para-hydroxylation sites is 1. The molecule has 1 unspecified atom stereocenters. The number of piperidine rings is 1. The van der Waals surface area contributed by atoms with Gasteiger partial charge in [-0.3, -0.25) is 4.79 Å². The zero-order valence-electron chi connectivity index (χ0n) is 12.5. The van der Waals surface area contributed by atoms with Crippen LogP contribution in [-0.4, -0.2) is 49.0 Å². The summed E-state index contributed by atoms with van der Waals surface area (Å²) in [5.41, 5.74) is 1.21. The van der Waals surface area contributed by atoms with Crippen LogP contribution in [0.1, 0.15) is 23.7 Å². The van der Waals surface area contributed by atoms with Crippen LogP contribution in [0.2, 0.25) is 0 Å². The topological polar surface area (TPSA) is 71.4 Å². The van der Waals surface area contributed by atoms with Crippen LogP contribution in [0.4, 0.5) is 0 Å². The van der Waals surface area contributed by atoms with Gasteiger partial charge in [0.2, 0.25) is 0 Å². The van der Waals surface area contributed by atoms with Gasteiger partial charge in [-0.1, -0.05) is 18.1 Å². The van der Waals surface area contributed by atoms with Crippen molar-refractivity contribution in [1.82, 2.24) is 4.90 Å². The summed E-state index contributed by atoms with van der Waals surface area (Å²) in [6, 6.07) is 5.25. The number of hydrogen-bond acceptors (Lipinski definition) is 5. The number of oxime groups is 1. The minimum atomic E-state index is -0.102. The Labute approximate surface area is 124 Å². The number of methoxy groups -OCH3 is 2. The van der Waals surface area contributed by atoms with Gasteiger partial charge in [-0.05, 0) is 12.1 Å². The molecule has 0 aliphatic carbocycles. The van der Waals surface area contributed by atoms with E-state index >= 15 is 0 Å². The van der Waals surface area contributed by atoms with Gasteiger partial charge in [-0.15, -0.1) is 0 Å². The van der Waals surface area contributed by atoms with Gasteiger partial charge in [0.05, 0.1) is 25.5 Å². The molecule has 0 saturated carbocycles. The molecule has 1 aromatic carbocycles. The maximum absolute atomic E-state index is 12.7. The van der Waals surface area contributed by atoms with Crippen LogP contribution in [0, 0.1) is 5.92 Å². The number of ether oxygens (including phenoxy) is 2. The highest BCUT2D eigenvalue weighted by atomic mass is 16.5. The van der Waals surface area contributed by atoms with Crippen LogP contribution >= 0.6 is 0 Å². The summed E-state index contributed by atoms with van der Waals surface area (Å²) in [5, 5.41) is 12.2. The first kappa shape index (κ1) is 15.2. The molecular weight excluding hydrogens is 272 g/mol. The highest BCUT2D eigenvalue weighted by Crippen LogP contribution is 2.32. The molecule has 114 valence electrons. The van der Waals surface area contributed by atoms with Crippen molar-refractivity contribution in [2.75, 3.05) is 27.3 Å². The molecule has 1 aromatic rings. The van der Waals surface area contributed by atoms with Crippen molar-refractivity contribution >= 4 is 11.6 Å². The monoisotopic (exact) mass is 292 g/mol. The fourth-order valence-corrected chi connectivity index (χ4v) is 2.58. The van der Waals surface area contributed by atoms with E-state index in [1.54, 1.807) is 30.2 Å². The SMILES string of the molecule is COc1cccc(C(=O)N2CC/C(=N/O)C(C)C2)c1OC. The predicted octanol–water partition coefficient (Wildman–Crippen LogP) is 2.02. The van der Waals surface area contributed by atoms with Crippen LogP contribution in [-0.2, 0) is 0 Å². The number of rotatable bonds is 3. The van der Waals surface area contributed by atoms with E-state index in [4.69, 9.17) is 14.7 Å². The van der Waals surface area contributed by atoms with Gasteiger partial charge in [-0.2, -0.15) is 0 Å². The molecule has 1 amide bonds. The van der Waals surface area contributed by atoms with Gasteiger partial charge in [0.1, 0.15) is 0 Å². The van der Waals surface area contributed by atoms with Crippen LogP contribution in [0.25, 0.3) is 0 Å². The Bertz CT molecular complexity index is 557. The molecule has 6 nitrogen and oxygen atoms in total. The van der Waals surface area contributed by atoms with Crippen molar-refractivity contribution in [3.8, 4) is 11.5 Å². The zero-order chi connectivity index (χ0) is 15.4. The van der Waals surface area contributed by atoms with Crippen molar-refractivity contribution in [3.05, 3.63) is 23.8 Å². The number of nitrogens with zero attached hydrogens (tertiary/aromatic N) is 2. The molecular formula is C15H20N2O4. The molecule has 0 bridgehead atoms. The smallest absolute Gasteiger partial charge is 0.257 e. The van der Waals surface area contributed by atoms with Gasteiger partial charge < -0.3 is 19.6 Å². The van der Waals surface area contributed by atoms with E-state index in [-0.39, 0.29) is 11.8 Å². The second-order valence-corrected chi connectivity index (χ2v) is 5.03. The molecule has 1 aliphatic heterocycles. The lowest BCUT2D eigenvalue weighted by Gasteiger charge is -2.32. The lowest BCUT2D eigenvalue weighted by atomic mass is 9.97. The zero-order valence-corrected chi connectivity index (χ0v) is 12.5. The third-order valence-electron chi connectivity index (χ3n) is 3.75. The standard InChI is InChI=1S/C15H20N2O4/c1-10-9-17(8-7-12(10)16-19)15(18)11-5-4-6-13(20-2)14(11)21-3/h4-6,10,19H,7-9H2,1-3H3/b16-12-. The Kier molecular flexibility index (Phi) is 4.67. The summed E-state index contributed by atoms with van der Waals surface area (Å²) >= 11 is 0. The second-order valence-electron chi connectivity index (χ2n) is 5.03. The van der Waals surface area contributed by atoms with Gasteiger partial charge in [0, 0.05) is 25.4 Å². The molecule has 21 heavy (non-hydrogen) atoms. The van der Waals surface area contributed by atoms with Crippen molar-refractivity contribution < 1.29 is 19.5 Å². The van der Waals surface area contributed by atoms with Crippen LogP contribution in [0.15, 0.2) is 23.4 Å². The molecule has 6 heteroatoms. The Hall–Kier alpha value is -2.24. The average Bonchev–Trinajstić information content (AvgIpc) is 2.53. The summed E-state index contributed by atoms with van der Waals surface area (Å²) in [4.78, 5) is 14.4. The van der Waals surface area contributed by atoms with E-state index in [2.05, 4.69) is 5.16 Å². The molecule has 1 atom stereocenters. The van der Waals surface area contributed by atoms with Crippen LogP contribution < -0.4 is 9.47 Å². The van der Waals surface area contributed by atoms with Crippen LogP contribution in [0.5, 0.6) is 11.5 Å². The number of carbonyl (C=O) groups is 1. The molecule has 1 aliphatic rings. The van der Waals surface area contributed by atoms with E-state index in [1.165, 1.54) is 7.11 Å². The lowest BCUT2D eigenvalue weighted by Crippen LogP contribution is -2.43. The number of carbonyl (C=O) groups excluding carboxylic acids is 1. The van der Waals surface area contributed by atoms with Gasteiger partial charge in [0.15, 0.2) is 11.5 Å². The van der Waals surface area contributed by atoms with Gasteiger partial charge >= 0.3 is 0 Å². The van der Waals surface area contributed by atoms with E-state index in [9.17, 15) is 4.79 Å². The van der Waals surface area contributed by atoms with E-state index < -0.39 is 0 Å². The summed E-state index contributed by atoms with van der Waals surface area (Å²) in [7, 11) is 3.06. The number of benzene rings is 1. The first-order chi connectivity index (χ1) is 10.1. The highest BCUT2D eigenvalue weighted by Gasteiger charge is 2.28. The molecule has 1 heterocycles. The fourth-order valence-electron chi connectivity index (χ4n) is 2.58. The Morgan fingerprint density at radius 1 is 1.38 bits per heavy atom. The van der Waals surface area contributed by atoms with Crippen molar-refractivity contribution in [2.24, 2.45) is 11.1 Å². The Morgan fingerprint density at radius 3 is 2.71 bits per heavy atom. The third-order valence-corrected chi connectivity index (χ3v) is 3.75. The second kappa shape index (κ2) is 6.47. The van der Waals surface area contributed by atoms with E-state index in [1.807, 2.05) is 6.92 Å². The molecule has 1 saturated heterocycles. The molecule has 1 fully saturated rings. The number of amides is 1. The fraction of sp³-hybridized carbons (Fsp3) is 0.467. The maximum atomic E-state index is 12.7. The lowest BCUT2D eigenvalue weighted by molar-refractivity contribution is 0.0730. The minimum Gasteiger partial charge on any atom is -0.493 e. The van der Waals surface area contributed by atoms with Crippen LogP contribution in [0.3, 0.4) is 0 Å². The summed E-state index contributed by atoms with van der Waals surface area (Å²) < 4.78 is 10.5. The highest BCUT2D eigenvalue weighted by molar-refractivity contribution is 5.99. The number of likely N-dealkylation sites (tertiary alicyclic amines) is 1. The van der Waals surface area contributed by atoms with Crippen molar-refractivity contribution in [2.45, 2.75) is 13.3 Å².